The van der Waals surface area contributed by atoms with Gasteiger partial charge in [-0.15, -0.1) is 0 Å². The number of methoxy groups -OCH3 is 2. The first kappa shape index (κ1) is 21.2. The number of nitrogens with one attached hydrogen (secondary N) is 1. The van der Waals surface area contributed by atoms with Gasteiger partial charge >= 0.3 is 0 Å². The Bertz CT molecular complexity index is 986. The number of hydrogen-bond acceptors (Lipinski definition) is 7. The summed E-state index contributed by atoms with van der Waals surface area (Å²) in [7, 11) is 3.16. The summed E-state index contributed by atoms with van der Waals surface area (Å²) >= 11 is 0. The minimum absolute atomic E-state index is 0.0490. The standard InChI is InChI=1S/C22H28N4O5/c1-29-18-4-3-15(11-19(18)30-2)12-21(28)26-6-5-16(14-26)17-13-20(27)24-22(23-17)25-7-9-31-10-8-25/h3-4,11,13,16H,5-10,12,14H2,1-2H3,(H,23,24,27). The first-order valence-corrected chi connectivity index (χ1v) is 10.5. The van der Waals surface area contributed by atoms with E-state index in [4.69, 9.17) is 19.2 Å². The lowest BCUT2D eigenvalue weighted by atomic mass is 10.0. The number of amides is 1. The van der Waals surface area contributed by atoms with E-state index in [1.165, 1.54) is 0 Å². The van der Waals surface area contributed by atoms with Gasteiger partial charge in [0.2, 0.25) is 11.9 Å². The second-order valence-electron chi connectivity index (χ2n) is 7.78. The third kappa shape index (κ3) is 4.82. The number of benzene rings is 1. The van der Waals surface area contributed by atoms with E-state index in [1.807, 2.05) is 28.0 Å². The van der Waals surface area contributed by atoms with E-state index in [0.717, 1.165) is 17.7 Å². The SMILES string of the molecule is COc1ccc(CC(=O)N2CCC(c3cc(=O)[nH]c(N4CCOCC4)n3)C2)cc1OC. The van der Waals surface area contributed by atoms with Crippen molar-refractivity contribution >= 4 is 11.9 Å². The highest BCUT2D eigenvalue weighted by Gasteiger charge is 2.29. The van der Waals surface area contributed by atoms with Gasteiger partial charge < -0.3 is 24.0 Å². The number of carbonyl (C=O) groups is 1. The number of nitrogens with zero attached hydrogens (tertiary/aromatic N) is 3. The number of ether oxygens (including phenoxy) is 3. The maximum atomic E-state index is 12.9. The monoisotopic (exact) mass is 428 g/mol. The van der Waals surface area contributed by atoms with Gasteiger partial charge in [0.05, 0.1) is 39.5 Å². The van der Waals surface area contributed by atoms with Crippen LogP contribution < -0.4 is 19.9 Å². The van der Waals surface area contributed by atoms with Gasteiger partial charge in [0.1, 0.15) is 0 Å². The Kier molecular flexibility index (Phi) is 6.41. The van der Waals surface area contributed by atoms with Crippen molar-refractivity contribution in [3.05, 3.63) is 45.9 Å². The zero-order chi connectivity index (χ0) is 21.8. The van der Waals surface area contributed by atoms with Crippen LogP contribution in [-0.4, -0.2) is 74.4 Å². The van der Waals surface area contributed by atoms with Crippen molar-refractivity contribution in [3.8, 4) is 11.5 Å². The molecule has 0 spiro atoms. The fourth-order valence-corrected chi connectivity index (χ4v) is 4.10. The lowest BCUT2D eigenvalue weighted by molar-refractivity contribution is -0.129. The van der Waals surface area contributed by atoms with Crippen molar-refractivity contribution in [1.82, 2.24) is 14.9 Å². The molecule has 9 nitrogen and oxygen atoms in total. The van der Waals surface area contributed by atoms with E-state index < -0.39 is 0 Å². The molecule has 1 N–H and O–H groups in total. The third-order valence-electron chi connectivity index (χ3n) is 5.82. The first-order valence-electron chi connectivity index (χ1n) is 10.5. The zero-order valence-corrected chi connectivity index (χ0v) is 17.9. The molecular formula is C22H28N4O5. The molecule has 0 saturated carbocycles. The molecule has 2 aliphatic heterocycles. The van der Waals surface area contributed by atoms with Crippen molar-refractivity contribution in [1.29, 1.82) is 0 Å². The van der Waals surface area contributed by atoms with Gasteiger partial charge in [-0.1, -0.05) is 6.07 Å². The van der Waals surface area contributed by atoms with Crippen LogP contribution in [0, 0.1) is 0 Å². The molecule has 1 aromatic carbocycles. The predicted octanol–water partition coefficient (Wildman–Crippen LogP) is 1.18. The van der Waals surface area contributed by atoms with Crippen LogP contribution in [0.5, 0.6) is 11.5 Å². The number of anilines is 1. The maximum absolute atomic E-state index is 12.9. The van der Waals surface area contributed by atoms with E-state index in [2.05, 4.69) is 4.98 Å². The number of carbonyl (C=O) groups excluding carboxylic acids is 1. The highest BCUT2D eigenvalue weighted by molar-refractivity contribution is 5.79. The highest BCUT2D eigenvalue weighted by atomic mass is 16.5. The van der Waals surface area contributed by atoms with Gasteiger partial charge in [-0.3, -0.25) is 14.6 Å². The van der Waals surface area contributed by atoms with Crippen LogP contribution >= 0.6 is 0 Å². The summed E-state index contributed by atoms with van der Waals surface area (Å²) in [5.74, 6) is 1.93. The van der Waals surface area contributed by atoms with Gasteiger partial charge in [-0.05, 0) is 24.1 Å². The molecule has 1 unspecified atom stereocenters. The fourth-order valence-electron chi connectivity index (χ4n) is 4.10. The number of aromatic amines is 1. The van der Waals surface area contributed by atoms with Crippen LogP contribution in [0.1, 0.15) is 23.6 Å². The summed E-state index contributed by atoms with van der Waals surface area (Å²) in [4.78, 5) is 36.5. The van der Waals surface area contributed by atoms with Crippen LogP contribution in [0.3, 0.4) is 0 Å². The predicted molar refractivity (Wildman–Crippen MR) is 115 cm³/mol. The molecule has 2 saturated heterocycles. The number of likely N-dealkylation sites (tertiary alicyclic amines) is 1. The van der Waals surface area contributed by atoms with E-state index >= 15 is 0 Å². The largest absolute Gasteiger partial charge is 0.493 e. The smallest absolute Gasteiger partial charge is 0.252 e. The Morgan fingerprint density at radius 1 is 1.16 bits per heavy atom. The Morgan fingerprint density at radius 3 is 2.68 bits per heavy atom. The molecule has 4 rings (SSSR count). The lowest BCUT2D eigenvalue weighted by Crippen LogP contribution is -2.38. The lowest BCUT2D eigenvalue weighted by Gasteiger charge is -2.27. The molecular weight excluding hydrogens is 400 g/mol. The Balaban J connectivity index is 1.43. The van der Waals surface area contributed by atoms with Crippen molar-refractivity contribution in [2.75, 3.05) is 58.5 Å². The number of hydrogen-bond donors (Lipinski definition) is 1. The van der Waals surface area contributed by atoms with Gasteiger partial charge in [0.25, 0.3) is 5.56 Å². The summed E-state index contributed by atoms with van der Waals surface area (Å²) in [6.45, 7) is 3.86. The van der Waals surface area contributed by atoms with E-state index in [-0.39, 0.29) is 23.8 Å². The first-order chi connectivity index (χ1) is 15.1. The maximum Gasteiger partial charge on any atom is 0.252 e. The quantitative estimate of drug-likeness (QED) is 0.738. The van der Waals surface area contributed by atoms with Crippen molar-refractivity contribution in [2.45, 2.75) is 18.8 Å². The van der Waals surface area contributed by atoms with Gasteiger partial charge in [0.15, 0.2) is 11.5 Å². The van der Waals surface area contributed by atoms with Crippen LogP contribution in [-0.2, 0) is 16.0 Å². The highest BCUT2D eigenvalue weighted by Crippen LogP contribution is 2.29. The summed E-state index contributed by atoms with van der Waals surface area (Å²) in [5, 5.41) is 0. The van der Waals surface area contributed by atoms with Crippen LogP contribution in [0.2, 0.25) is 0 Å². The molecule has 3 heterocycles. The topological polar surface area (TPSA) is 97.0 Å². The Morgan fingerprint density at radius 2 is 1.94 bits per heavy atom. The van der Waals surface area contributed by atoms with E-state index in [9.17, 15) is 9.59 Å². The molecule has 9 heteroatoms. The number of rotatable bonds is 6. The Labute approximate surface area is 180 Å². The average Bonchev–Trinajstić information content (AvgIpc) is 3.30. The molecule has 0 bridgehead atoms. The molecule has 1 aromatic heterocycles. The molecule has 166 valence electrons. The van der Waals surface area contributed by atoms with Crippen LogP contribution in [0.15, 0.2) is 29.1 Å². The normalized spacial score (nSPS) is 18.8. The molecule has 1 atom stereocenters. The van der Waals surface area contributed by atoms with Crippen molar-refractivity contribution in [3.63, 3.8) is 0 Å². The second kappa shape index (κ2) is 9.38. The Hall–Kier alpha value is -3.07. The minimum atomic E-state index is -0.165. The third-order valence-corrected chi connectivity index (χ3v) is 5.82. The molecule has 0 radical (unpaired) electrons. The van der Waals surface area contributed by atoms with Crippen LogP contribution in [0.25, 0.3) is 0 Å². The van der Waals surface area contributed by atoms with Crippen molar-refractivity contribution in [2.24, 2.45) is 0 Å². The zero-order valence-electron chi connectivity index (χ0n) is 17.9. The minimum Gasteiger partial charge on any atom is -0.493 e. The average molecular weight is 428 g/mol. The number of aromatic nitrogens is 2. The summed E-state index contributed by atoms with van der Waals surface area (Å²) in [6.07, 6.45) is 1.07. The second-order valence-corrected chi connectivity index (χ2v) is 7.78. The van der Waals surface area contributed by atoms with Gasteiger partial charge in [-0.25, -0.2) is 4.98 Å². The van der Waals surface area contributed by atoms with Crippen molar-refractivity contribution < 1.29 is 19.0 Å². The number of H-pyrrole nitrogens is 1. The number of morpholine rings is 1. The summed E-state index contributed by atoms with van der Waals surface area (Å²) in [5.41, 5.74) is 1.45. The van der Waals surface area contributed by atoms with Gasteiger partial charge in [0, 0.05) is 38.2 Å². The van der Waals surface area contributed by atoms with E-state index in [0.29, 0.717) is 56.8 Å². The fraction of sp³-hybridized carbons (Fsp3) is 0.500. The molecule has 2 aliphatic rings. The summed E-state index contributed by atoms with van der Waals surface area (Å²) < 4.78 is 16.0. The summed E-state index contributed by atoms with van der Waals surface area (Å²) in [6, 6.07) is 7.06. The molecule has 0 aliphatic carbocycles. The molecule has 1 amide bonds. The molecule has 31 heavy (non-hydrogen) atoms. The molecule has 2 fully saturated rings. The molecule has 2 aromatic rings. The van der Waals surface area contributed by atoms with Crippen LogP contribution in [0.4, 0.5) is 5.95 Å². The van der Waals surface area contributed by atoms with Gasteiger partial charge in [-0.2, -0.15) is 0 Å². The van der Waals surface area contributed by atoms with E-state index in [1.54, 1.807) is 20.3 Å².